The van der Waals surface area contributed by atoms with Crippen molar-refractivity contribution in [3.05, 3.63) is 52.7 Å². The second-order valence-electron chi connectivity index (χ2n) is 6.74. The van der Waals surface area contributed by atoms with Crippen LogP contribution in [0.25, 0.3) is 0 Å². The molecule has 1 N–H and O–H groups in total. The number of aryl methyl sites for hydroxylation is 2. The van der Waals surface area contributed by atoms with Gasteiger partial charge in [-0.1, -0.05) is 23.4 Å². The zero-order valence-electron chi connectivity index (χ0n) is 15.0. The minimum atomic E-state index is -0.328. The molecule has 1 aliphatic rings. The summed E-state index contributed by atoms with van der Waals surface area (Å²) in [6, 6.07) is 6.04. The lowest BCUT2D eigenvalue weighted by molar-refractivity contribution is 0.170. The van der Waals surface area contributed by atoms with Crippen molar-refractivity contribution in [3.63, 3.8) is 0 Å². The number of halogens is 1. The predicted octanol–water partition coefficient (Wildman–Crippen LogP) is 4.43. The Labute approximate surface area is 147 Å². The van der Waals surface area contributed by atoms with Gasteiger partial charge < -0.3 is 14.7 Å². The van der Waals surface area contributed by atoms with Crippen LogP contribution < -0.4 is 5.32 Å². The summed E-state index contributed by atoms with van der Waals surface area (Å²) < 4.78 is 19.3. The number of nitrogens with one attached hydrogen (secondary N) is 1. The molecule has 134 valence electrons. The van der Waals surface area contributed by atoms with Crippen molar-refractivity contribution >= 4 is 6.03 Å². The van der Waals surface area contributed by atoms with E-state index in [0.29, 0.717) is 11.3 Å². The van der Waals surface area contributed by atoms with Gasteiger partial charge in [-0.25, -0.2) is 9.18 Å². The van der Waals surface area contributed by atoms with E-state index in [2.05, 4.69) is 10.5 Å². The predicted molar refractivity (Wildman–Crippen MR) is 92.6 cm³/mol. The second kappa shape index (κ2) is 6.86. The van der Waals surface area contributed by atoms with Crippen LogP contribution in [0, 0.1) is 19.7 Å². The van der Waals surface area contributed by atoms with E-state index in [4.69, 9.17) is 4.52 Å². The molecule has 1 aromatic carbocycles. The molecule has 0 radical (unpaired) electrons. The highest BCUT2D eigenvalue weighted by Crippen LogP contribution is 2.35. The summed E-state index contributed by atoms with van der Waals surface area (Å²) in [4.78, 5) is 14.7. The van der Waals surface area contributed by atoms with E-state index in [9.17, 15) is 9.18 Å². The van der Waals surface area contributed by atoms with Crippen molar-refractivity contribution in [1.82, 2.24) is 15.4 Å². The van der Waals surface area contributed by atoms with Gasteiger partial charge in [0, 0.05) is 17.2 Å². The molecule has 3 rings (SSSR count). The molecule has 1 heterocycles. The Balaban J connectivity index is 1.79. The average molecular weight is 345 g/mol. The van der Waals surface area contributed by atoms with Gasteiger partial charge in [-0.05, 0) is 46.6 Å². The van der Waals surface area contributed by atoms with Crippen LogP contribution in [0.2, 0.25) is 0 Å². The first-order valence-corrected chi connectivity index (χ1v) is 8.66. The second-order valence-corrected chi connectivity index (χ2v) is 6.74. The molecule has 25 heavy (non-hydrogen) atoms. The largest absolute Gasteiger partial charge is 0.361 e. The van der Waals surface area contributed by atoms with Crippen LogP contribution in [-0.4, -0.2) is 22.1 Å². The molecule has 1 aromatic heterocycles. The number of benzene rings is 1. The third kappa shape index (κ3) is 3.52. The monoisotopic (exact) mass is 345 g/mol. The zero-order chi connectivity index (χ0) is 18.1. The summed E-state index contributed by atoms with van der Waals surface area (Å²) in [5, 5.41) is 6.96. The minimum Gasteiger partial charge on any atom is -0.361 e. The highest BCUT2D eigenvalue weighted by Gasteiger charge is 2.37. The quantitative estimate of drug-likeness (QED) is 0.872. The number of urea groups is 1. The first-order valence-electron chi connectivity index (χ1n) is 8.66. The van der Waals surface area contributed by atoms with Crippen LogP contribution in [0.5, 0.6) is 0 Å². The molecule has 0 saturated heterocycles. The number of rotatable bonds is 5. The molecular weight excluding hydrogens is 321 g/mol. The summed E-state index contributed by atoms with van der Waals surface area (Å²) >= 11 is 0. The van der Waals surface area contributed by atoms with Crippen molar-refractivity contribution in [2.75, 3.05) is 0 Å². The zero-order valence-corrected chi connectivity index (χ0v) is 15.0. The maximum Gasteiger partial charge on any atom is 0.318 e. The normalized spacial score (nSPS) is 16.4. The lowest BCUT2D eigenvalue weighted by Gasteiger charge is -2.31. The fourth-order valence-electron chi connectivity index (χ4n) is 3.41. The number of hydrogen-bond acceptors (Lipinski definition) is 3. The molecular formula is C19H24FN3O2. The SMILES string of the molecule is Cc1noc(C)c1[C@H](C)NC(=O)N(C1CC1)[C@H](C)c1ccccc1F. The molecule has 0 bridgehead atoms. The molecule has 0 spiro atoms. The van der Waals surface area contributed by atoms with E-state index < -0.39 is 0 Å². The van der Waals surface area contributed by atoms with E-state index in [0.717, 1.165) is 24.1 Å². The summed E-state index contributed by atoms with van der Waals surface area (Å²) in [6.07, 6.45) is 1.90. The van der Waals surface area contributed by atoms with E-state index >= 15 is 0 Å². The molecule has 0 unspecified atom stereocenters. The molecule has 0 aliphatic heterocycles. The number of aromatic nitrogens is 1. The topological polar surface area (TPSA) is 58.4 Å². The van der Waals surface area contributed by atoms with Crippen LogP contribution in [0.15, 0.2) is 28.8 Å². The van der Waals surface area contributed by atoms with E-state index in [1.54, 1.807) is 23.1 Å². The standard InChI is InChI=1S/C19H24FN3O2/c1-11(18-12(2)22-25-14(18)4)21-19(24)23(15-9-10-15)13(3)16-7-5-6-8-17(16)20/h5-8,11,13,15H,9-10H2,1-4H3,(H,21,24)/t11-,13+/m0/s1. The maximum absolute atomic E-state index is 14.2. The minimum absolute atomic E-state index is 0.159. The van der Waals surface area contributed by atoms with Gasteiger partial charge in [-0.15, -0.1) is 0 Å². The molecule has 1 fully saturated rings. The van der Waals surface area contributed by atoms with Crippen LogP contribution in [0.1, 0.15) is 61.4 Å². The van der Waals surface area contributed by atoms with Gasteiger partial charge in [0.2, 0.25) is 0 Å². The Bertz CT molecular complexity index is 750. The van der Waals surface area contributed by atoms with Gasteiger partial charge in [0.1, 0.15) is 11.6 Å². The number of carbonyl (C=O) groups excluding carboxylic acids is 1. The Morgan fingerprint density at radius 1 is 1.32 bits per heavy atom. The molecule has 5 nitrogen and oxygen atoms in total. The van der Waals surface area contributed by atoms with Crippen LogP contribution in [-0.2, 0) is 0 Å². The first kappa shape index (κ1) is 17.5. The Kier molecular flexibility index (Phi) is 4.79. The third-order valence-electron chi connectivity index (χ3n) is 4.81. The first-order chi connectivity index (χ1) is 11.9. The molecule has 1 saturated carbocycles. The van der Waals surface area contributed by atoms with Gasteiger partial charge in [0.05, 0.1) is 17.8 Å². The Morgan fingerprint density at radius 2 is 2.00 bits per heavy atom. The number of carbonyl (C=O) groups is 1. The van der Waals surface area contributed by atoms with Crippen molar-refractivity contribution in [1.29, 1.82) is 0 Å². The van der Waals surface area contributed by atoms with Gasteiger partial charge in [-0.3, -0.25) is 0 Å². The fourth-order valence-corrected chi connectivity index (χ4v) is 3.41. The van der Waals surface area contributed by atoms with Crippen LogP contribution in [0.3, 0.4) is 0 Å². The summed E-state index contributed by atoms with van der Waals surface area (Å²) in [5.41, 5.74) is 2.20. The lowest BCUT2D eigenvalue weighted by atomic mass is 10.1. The van der Waals surface area contributed by atoms with Crippen molar-refractivity contribution in [2.45, 2.75) is 58.7 Å². The molecule has 2 aromatic rings. The van der Waals surface area contributed by atoms with Crippen molar-refractivity contribution in [3.8, 4) is 0 Å². The number of amides is 2. The van der Waals surface area contributed by atoms with Gasteiger partial charge in [0.15, 0.2) is 0 Å². The van der Waals surface area contributed by atoms with E-state index in [1.807, 2.05) is 27.7 Å². The summed E-state index contributed by atoms with van der Waals surface area (Å²) in [6.45, 7) is 7.47. The van der Waals surface area contributed by atoms with Gasteiger partial charge in [-0.2, -0.15) is 0 Å². The van der Waals surface area contributed by atoms with Crippen LogP contribution >= 0.6 is 0 Å². The van der Waals surface area contributed by atoms with Gasteiger partial charge in [0.25, 0.3) is 0 Å². The third-order valence-corrected chi connectivity index (χ3v) is 4.81. The number of nitrogens with zero attached hydrogens (tertiary/aromatic N) is 2. The fraction of sp³-hybridized carbons (Fsp3) is 0.474. The lowest BCUT2D eigenvalue weighted by Crippen LogP contribution is -2.44. The molecule has 2 amide bonds. The summed E-state index contributed by atoms with van der Waals surface area (Å²) in [7, 11) is 0. The molecule has 1 aliphatic carbocycles. The molecule has 2 atom stereocenters. The Hall–Kier alpha value is -2.37. The number of hydrogen-bond donors (Lipinski definition) is 1. The van der Waals surface area contributed by atoms with Crippen molar-refractivity contribution < 1.29 is 13.7 Å². The van der Waals surface area contributed by atoms with Gasteiger partial charge >= 0.3 is 6.03 Å². The highest BCUT2D eigenvalue weighted by molar-refractivity contribution is 5.76. The van der Waals surface area contributed by atoms with E-state index in [-0.39, 0.29) is 30.0 Å². The highest BCUT2D eigenvalue weighted by atomic mass is 19.1. The smallest absolute Gasteiger partial charge is 0.318 e. The average Bonchev–Trinajstić information content (AvgIpc) is 3.32. The Morgan fingerprint density at radius 3 is 2.56 bits per heavy atom. The maximum atomic E-state index is 14.2. The summed E-state index contributed by atoms with van der Waals surface area (Å²) in [5.74, 6) is 0.414. The molecule has 6 heteroatoms. The van der Waals surface area contributed by atoms with Crippen LogP contribution in [0.4, 0.5) is 9.18 Å². The van der Waals surface area contributed by atoms with E-state index in [1.165, 1.54) is 6.07 Å². The van der Waals surface area contributed by atoms with Crippen molar-refractivity contribution in [2.24, 2.45) is 0 Å².